The molecule has 0 aromatic carbocycles. The molecule has 1 fully saturated rings. The van der Waals surface area contributed by atoms with E-state index in [1.54, 1.807) is 0 Å². The van der Waals surface area contributed by atoms with Crippen LogP contribution in [0.3, 0.4) is 0 Å². The van der Waals surface area contributed by atoms with Gasteiger partial charge in [-0.1, -0.05) is 15.9 Å². The minimum Gasteiger partial charge on any atom is -0.366 e. The van der Waals surface area contributed by atoms with Crippen LogP contribution in [0.5, 0.6) is 0 Å². The first-order chi connectivity index (χ1) is 7.31. The van der Waals surface area contributed by atoms with Gasteiger partial charge >= 0.3 is 0 Å². The van der Waals surface area contributed by atoms with Crippen molar-refractivity contribution in [1.29, 1.82) is 0 Å². The van der Waals surface area contributed by atoms with Gasteiger partial charge in [0.25, 0.3) is 0 Å². The number of hydrogen-bond acceptors (Lipinski definition) is 3. The molecule has 2 heterocycles. The normalized spacial score (nSPS) is 21.7. The maximum atomic E-state index is 4.24. The van der Waals surface area contributed by atoms with Crippen LogP contribution in [0.2, 0.25) is 0 Å². The molecule has 0 aliphatic carbocycles. The van der Waals surface area contributed by atoms with Gasteiger partial charge in [0.05, 0.1) is 0 Å². The fraction of sp³-hybridized carbons (Fsp3) is 0.545. The summed E-state index contributed by atoms with van der Waals surface area (Å²) in [5.41, 5.74) is 2.41. The topological polar surface area (TPSA) is 16.1 Å². The Morgan fingerprint density at radius 1 is 1.67 bits per heavy atom. The number of pyridine rings is 1. The average molecular weight is 287 g/mol. The Balaban J connectivity index is 2.20. The molecule has 0 radical (unpaired) electrons. The van der Waals surface area contributed by atoms with Gasteiger partial charge in [-0.15, -0.1) is 0 Å². The van der Waals surface area contributed by atoms with E-state index in [1.807, 2.05) is 24.9 Å². The van der Waals surface area contributed by atoms with Gasteiger partial charge in [0.15, 0.2) is 0 Å². The van der Waals surface area contributed by atoms with Gasteiger partial charge in [-0.3, -0.25) is 4.98 Å². The highest BCUT2D eigenvalue weighted by molar-refractivity contribution is 9.09. The zero-order chi connectivity index (χ0) is 10.7. The fourth-order valence-electron chi connectivity index (χ4n) is 1.83. The van der Waals surface area contributed by atoms with Crippen LogP contribution < -0.4 is 4.90 Å². The van der Waals surface area contributed by atoms with E-state index < -0.39 is 0 Å². The molecule has 0 N–H and O–H groups in total. The number of alkyl halides is 1. The molecule has 0 amide bonds. The molecule has 1 saturated heterocycles. The van der Waals surface area contributed by atoms with Gasteiger partial charge in [-0.2, -0.15) is 11.8 Å². The molecular formula is C11H15BrN2S. The SMILES string of the molecule is Cc1cc(N2CCSCC2CBr)ccn1. The lowest BCUT2D eigenvalue weighted by molar-refractivity contribution is 0.710. The first-order valence-electron chi connectivity index (χ1n) is 5.14. The Morgan fingerprint density at radius 3 is 3.27 bits per heavy atom. The number of rotatable bonds is 2. The molecule has 1 atom stereocenters. The number of hydrogen-bond donors (Lipinski definition) is 0. The Morgan fingerprint density at radius 2 is 2.53 bits per heavy atom. The Labute approximate surface area is 104 Å². The standard InChI is InChI=1S/C11H15BrN2S/c1-9-6-10(2-3-13-9)14-4-5-15-8-11(14)7-12/h2-3,6,11H,4-5,7-8H2,1H3. The van der Waals surface area contributed by atoms with E-state index in [4.69, 9.17) is 0 Å². The highest BCUT2D eigenvalue weighted by Crippen LogP contribution is 2.24. The molecule has 15 heavy (non-hydrogen) atoms. The molecule has 1 aliphatic heterocycles. The summed E-state index contributed by atoms with van der Waals surface area (Å²) in [7, 11) is 0. The molecule has 2 nitrogen and oxygen atoms in total. The fourth-order valence-corrected chi connectivity index (χ4v) is 3.78. The number of halogens is 1. The molecule has 2 rings (SSSR count). The van der Waals surface area contributed by atoms with E-state index in [2.05, 4.69) is 37.9 Å². The summed E-state index contributed by atoms with van der Waals surface area (Å²) in [5, 5.41) is 1.04. The van der Waals surface area contributed by atoms with E-state index in [0.29, 0.717) is 6.04 Å². The predicted octanol–water partition coefficient (Wildman–Crippen LogP) is 2.71. The van der Waals surface area contributed by atoms with Crippen molar-refractivity contribution >= 4 is 33.4 Å². The molecule has 1 aliphatic rings. The molecule has 1 aromatic rings. The van der Waals surface area contributed by atoms with Crippen molar-refractivity contribution in [2.24, 2.45) is 0 Å². The molecule has 1 unspecified atom stereocenters. The minimum atomic E-state index is 0.616. The maximum Gasteiger partial charge on any atom is 0.0477 e. The van der Waals surface area contributed by atoms with Crippen LogP contribution in [-0.2, 0) is 0 Å². The molecule has 1 aromatic heterocycles. The number of aromatic nitrogens is 1. The largest absolute Gasteiger partial charge is 0.366 e. The van der Waals surface area contributed by atoms with E-state index >= 15 is 0 Å². The summed E-state index contributed by atoms with van der Waals surface area (Å²) in [6.07, 6.45) is 1.90. The summed E-state index contributed by atoms with van der Waals surface area (Å²) in [6.45, 7) is 3.19. The maximum absolute atomic E-state index is 4.24. The Kier molecular flexibility index (Phi) is 3.92. The second-order valence-corrected chi connectivity index (χ2v) is 5.53. The third-order valence-corrected chi connectivity index (χ3v) is 4.46. The van der Waals surface area contributed by atoms with Crippen LogP contribution in [-0.4, -0.2) is 34.4 Å². The zero-order valence-corrected chi connectivity index (χ0v) is 11.2. The highest BCUT2D eigenvalue weighted by atomic mass is 79.9. The van der Waals surface area contributed by atoms with E-state index in [-0.39, 0.29) is 0 Å². The molecule has 82 valence electrons. The third kappa shape index (κ3) is 2.67. The number of anilines is 1. The Bertz CT molecular complexity index is 332. The lowest BCUT2D eigenvalue weighted by atomic mass is 10.2. The minimum absolute atomic E-state index is 0.616. The van der Waals surface area contributed by atoms with Crippen LogP contribution in [0.4, 0.5) is 5.69 Å². The van der Waals surface area contributed by atoms with Gasteiger partial charge in [0, 0.05) is 47.0 Å². The quantitative estimate of drug-likeness (QED) is 0.778. The lowest BCUT2D eigenvalue weighted by Crippen LogP contribution is -2.43. The van der Waals surface area contributed by atoms with Crippen molar-refractivity contribution in [3.8, 4) is 0 Å². The summed E-state index contributed by atoms with van der Waals surface area (Å²) in [6, 6.07) is 4.90. The third-order valence-electron chi connectivity index (χ3n) is 2.62. The second-order valence-electron chi connectivity index (χ2n) is 3.73. The highest BCUT2D eigenvalue weighted by Gasteiger charge is 2.21. The van der Waals surface area contributed by atoms with Gasteiger partial charge in [0.2, 0.25) is 0 Å². The van der Waals surface area contributed by atoms with Gasteiger partial charge in [-0.05, 0) is 19.1 Å². The number of aryl methyl sites for hydroxylation is 1. The van der Waals surface area contributed by atoms with Crippen LogP contribution in [0.25, 0.3) is 0 Å². The van der Waals surface area contributed by atoms with Crippen molar-refractivity contribution in [3.05, 3.63) is 24.0 Å². The summed E-state index contributed by atoms with van der Waals surface area (Å²) < 4.78 is 0. The van der Waals surface area contributed by atoms with E-state index in [1.165, 1.54) is 17.2 Å². The molecule has 0 saturated carbocycles. The van der Waals surface area contributed by atoms with Crippen LogP contribution in [0.15, 0.2) is 18.3 Å². The van der Waals surface area contributed by atoms with E-state index in [0.717, 1.165) is 17.6 Å². The summed E-state index contributed by atoms with van der Waals surface area (Å²) in [5.74, 6) is 2.44. The zero-order valence-electron chi connectivity index (χ0n) is 8.82. The Hall–Kier alpha value is -0.220. The molecule has 4 heteroatoms. The van der Waals surface area contributed by atoms with Gasteiger partial charge in [0.1, 0.15) is 0 Å². The second kappa shape index (κ2) is 5.21. The summed E-state index contributed by atoms with van der Waals surface area (Å²) in [4.78, 5) is 6.73. The smallest absolute Gasteiger partial charge is 0.0477 e. The molecule has 0 spiro atoms. The van der Waals surface area contributed by atoms with Crippen molar-refractivity contribution < 1.29 is 0 Å². The number of nitrogens with zero attached hydrogens (tertiary/aromatic N) is 2. The van der Waals surface area contributed by atoms with Crippen LogP contribution >= 0.6 is 27.7 Å². The predicted molar refractivity (Wildman–Crippen MR) is 71.2 cm³/mol. The summed E-state index contributed by atoms with van der Waals surface area (Å²) >= 11 is 5.64. The first-order valence-corrected chi connectivity index (χ1v) is 7.42. The first kappa shape index (κ1) is 11.3. The monoisotopic (exact) mass is 286 g/mol. The van der Waals surface area contributed by atoms with Gasteiger partial charge in [-0.25, -0.2) is 0 Å². The lowest BCUT2D eigenvalue weighted by Gasteiger charge is -2.36. The van der Waals surface area contributed by atoms with Gasteiger partial charge < -0.3 is 4.90 Å². The van der Waals surface area contributed by atoms with Crippen molar-refractivity contribution in [3.63, 3.8) is 0 Å². The van der Waals surface area contributed by atoms with Crippen LogP contribution in [0, 0.1) is 6.92 Å². The van der Waals surface area contributed by atoms with Crippen molar-refractivity contribution in [1.82, 2.24) is 4.98 Å². The average Bonchev–Trinajstić information content (AvgIpc) is 2.29. The van der Waals surface area contributed by atoms with Crippen LogP contribution in [0.1, 0.15) is 5.69 Å². The van der Waals surface area contributed by atoms with Crippen molar-refractivity contribution in [2.75, 3.05) is 28.3 Å². The van der Waals surface area contributed by atoms with E-state index in [9.17, 15) is 0 Å². The molecular weight excluding hydrogens is 272 g/mol. The van der Waals surface area contributed by atoms with Crippen molar-refractivity contribution in [2.45, 2.75) is 13.0 Å². The molecule has 0 bridgehead atoms. The number of thioether (sulfide) groups is 1.